The summed E-state index contributed by atoms with van der Waals surface area (Å²) in [4.78, 5) is 32.2. The van der Waals surface area contributed by atoms with Crippen LogP contribution < -0.4 is 10.6 Å². The molecule has 0 saturated carbocycles. The van der Waals surface area contributed by atoms with E-state index in [0.29, 0.717) is 36.7 Å². The van der Waals surface area contributed by atoms with Gasteiger partial charge in [-0.1, -0.05) is 52.0 Å². The molecule has 0 spiro atoms. The Morgan fingerprint density at radius 3 is 2.24 bits per heavy atom. The van der Waals surface area contributed by atoms with Gasteiger partial charge in [0.2, 0.25) is 0 Å². The second-order valence-electron chi connectivity index (χ2n) is 10.9. The van der Waals surface area contributed by atoms with Gasteiger partial charge in [0.15, 0.2) is 0 Å². The van der Waals surface area contributed by atoms with Gasteiger partial charge in [0.25, 0.3) is 11.8 Å². The van der Waals surface area contributed by atoms with E-state index in [9.17, 15) is 23.5 Å². The van der Waals surface area contributed by atoms with Crippen LogP contribution in [0.2, 0.25) is 0 Å². The molecule has 226 valence electrons. The van der Waals surface area contributed by atoms with Crippen molar-refractivity contribution in [3.63, 3.8) is 0 Å². The standard InChI is InChI=1S/C33H42F2N4O3/c1-5-10-39(11-6-2)33(42)27-16-26(19-37-20-27)32(41)38-30(15-24-13-28(34)17-29(35)14-24)31(40)21-36-18-23-8-7-9-25(12-23)22(3)4/h7-9,12-14,16-17,19-20,22,30-31,36,40H,5-6,10-11,15,18,21H2,1-4H3,(H,38,41)/t30-,31+/m0/s1. The average molecular weight is 581 g/mol. The smallest absolute Gasteiger partial charge is 0.255 e. The minimum atomic E-state index is -1.09. The Morgan fingerprint density at radius 2 is 1.60 bits per heavy atom. The largest absolute Gasteiger partial charge is 0.390 e. The van der Waals surface area contributed by atoms with Crippen molar-refractivity contribution in [1.29, 1.82) is 0 Å². The topological polar surface area (TPSA) is 94.6 Å². The van der Waals surface area contributed by atoms with Crippen molar-refractivity contribution in [2.24, 2.45) is 0 Å². The summed E-state index contributed by atoms with van der Waals surface area (Å²) in [6.07, 6.45) is 3.28. The zero-order chi connectivity index (χ0) is 30.6. The molecular formula is C33H42F2N4O3. The number of rotatable bonds is 15. The van der Waals surface area contributed by atoms with Gasteiger partial charge in [-0.3, -0.25) is 14.6 Å². The first-order chi connectivity index (χ1) is 20.1. The minimum Gasteiger partial charge on any atom is -0.390 e. The molecule has 2 atom stereocenters. The molecular weight excluding hydrogens is 538 g/mol. The highest BCUT2D eigenvalue weighted by atomic mass is 19.1. The van der Waals surface area contributed by atoms with E-state index in [0.717, 1.165) is 24.5 Å². The highest BCUT2D eigenvalue weighted by Gasteiger charge is 2.24. The summed E-state index contributed by atoms with van der Waals surface area (Å²) in [5, 5.41) is 17.1. The van der Waals surface area contributed by atoms with E-state index >= 15 is 0 Å². The van der Waals surface area contributed by atoms with Crippen molar-refractivity contribution in [1.82, 2.24) is 20.5 Å². The lowest BCUT2D eigenvalue weighted by atomic mass is 9.99. The summed E-state index contributed by atoms with van der Waals surface area (Å²) in [7, 11) is 0. The van der Waals surface area contributed by atoms with E-state index < -0.39 is 29.7 Å². The summed E-state index contributed by atoms with van der Waals surface area (Å²) in [5.74, 6) is -1.87. The lowest BCUT2D eigenvalue weighted by Gasteiger charge is -2.25. The predicted octanol–water partition coefficient (Wildman–Crippen LogP) is 5.24. The summed E-state index contributed by atoms with van der Waals surface area (Å²) in [6, 6.07) is 11.9. The van der Waals surface area contributed by atoms with Crippen LogP contribution in [0.1, 0.15) is 83.9 Å². The first-order valence-corrected chi connectivity index (χ1v) is 14.6. The summed E-state index contributed by atoms with van der Waals surface area (Å²) in [5.41, 5.74) is 2.98. The SMILES string of the molecule is CCCN(CCC)C(=O)c1cncc(C(=O)N[C@@H](Cc2cc(F)cc(F)c2)[C@H](O)CNCc2cccc(C(C)C)c2)c1. The van der Waals surface area contributed by atoms with Gasteiger partial charge >= 0.3 is 0 Å². The number of nitrogens with zero attached hydrogens (tertiary/aromatic N) is 2. The molecule has 42 heavy (non-hydrogen) atoms. The maximum Gasteiger partial charge on any atom is 0.255 e. The number of aliphatic hydroxyl groups is 1. The quantitative estimate of drug-likeness (QED) is 0.229. The third-order valence-corrected chi connectivity index (χ3v) is 6.98. The second-order valence-corrected chi connectivity index (χ2v) is 10.9. The highest BCUT2D eigenvalue weighted by molar-refractivity contribution is 5.99. The van der Waals surface area contributed by atoms with Crippen molar-refractivity contribution >= 4 is 11.8 Å². The Balaban J connectivity index is 1.76. The number of carbonyl (C=O) groups excluding carboxylic acids is 2. The maximum absolute atomic E-state index is 13.9. The van der Waals surface area contributed by atoms with Crippen LogP contribution in [-0.2, 0) is 13.0 Å². The molecule has 0 aliphatic carbocycles. The highest BCUT2D eigenvalue weighted by Crippen LogP contribution is 2.16. The molecule has 1 heterocycles. The fourth-order valence-electron chi connectivity index (χ4n) is 4.80. The van der Waals surface area contributed by atoms with E-state index in [-0.39, 0.29) is 24.4 Å². The van der Waals surface area contributed by atoms with Crippen LogP contribution in [0.5, 0.6) is 0 Å². The number of nitrogens with one attached hydrogen (secondary N) is 2. The van der Waals surface area contributed by atoms with Crippen LogP contribution in [0.15, 0.2) is 60.9 Å². The van der Waals surface area contributed by atoms with Crippen LogP contribution >= 0.6 is 0 Å². The van der Waals surface area contributed by atoms with Gasteiger partial charge in [0.1, 0.15) is 11.6 Å². The molecule has 2 amide bonds. The van der Waals surface area contributed by atoms with Gasteiger partial charge in [-0.25, -0.2) is 8.78 Å². The lowest BCUT2D eigenvalue weighted by molar-refractivity contribution is 0.0755. The molecule has 0 saturated heterocycles. The van der Waals surface area contributed by atoms with E-state index in [1.165, 1.54) is 36.2 Å². The Labute approximate surface area is 247 Å². The monoisotopic (exact) mass is 580 g/mol. The van der Waals surface area contributed by atoms with Crippen molar-refractivity contribution in [2.45, 2.75) is 71.6 Å². The number of amides is 2. The number of aliphatic hydroxyl groups excluding tert-OH is 1. The molecule has 7 nitrogen and oxygen atoms in total. The van der Waals surface area contributed by atoms with Gasteiger partial charge in [0, 0.05) is 44.6 Å². The normalized spacial score (nSPS) is 12.7. The van der Waals surface area contributed by atoms with Crippen molar-refractivity contribution in [3.05, 3.63) is 100 Å². The molecule has 0 radical (unpaired) electrons. The minimum absolute atomic E-state index is 0.0150. The zero-order valence-corrected chi connectivity index (χ0v) is 24.9. The van der Waals surface area contributed by atoms with E-state index in [1.807, 2.05) is 26.0 Å². The third kappa shape index (κ3) is 9.70. The fraction of sp³-hybridized carbons (Fsp3) is 0.424. The Morgan fingerprint density at radius 1 is 0.929 bits per heavy atom. The van der Waals surface area contributed by atoms with Gasteiger partial charge in [-0.2, -0.15) is 0 Å². The van der Waals surface area contributed by atoms with Crippen LogP contribution in [0.25, 0.3) is 0 Å². The molecule has 3 N–H and O–H groups in total. The summed E-state index contributed by atoms with van der Waals surface area (Å²) >= 11 is 0. The van der Waals surface area contributed by atoms with Crippen LogP contribution in [0, 0.1) is 11.6 Å². The molecule has 0 aliphatic rings. The molecule has 0 aliphatic heterocycles. The number of hydrogen-bond donors (Lipinski definition) is 3. The van der Waals surface area contributed by atoms with Gasteiger partial charge in [0.05, 0.1) is 23.3 Å². The van der Waals surface area contributed by atoms with Gasteiger partial charge < -0.3 is 20.6 Å². The molecule has 2 aromatic carbocycles. The van der Waals surface area contributed by atoms with E-state index in [1.54, 1.807) is 4.90 Å². The van der Waals surface area contributed by atoms with Crippen LogP contribution in [-0.4, -0.2) is 58.6 Å². The first-order valence-electron chi connectivity index (χ1n) is 14.6. The Kier molecular flexibility index (Phi) is 12.6. The zero-order valence-electron chi connectivity index (χ0n) is 24.9. The number of halogens is 2. The summed E-state index contributed by atoms with van der Waals surface area (Å²) < 4.78 is 27.9. The number of benzene rings is 2. The molecule has 3 aromatic rings. The number of aromatic nitrogens is 1. The first kappa shape index (κ1) is 32.8. The molecule has 0 unspecified atom stereocenters. The van der Waals surface area contributed by atoms with Crippen molar-refractivity contribution in [2.75, 3.05) is 19.6 Å². The van der Waals surface area contributed by atoms with Crippen molar-refractivity contribution < 1.29 is 23.5 Å². The van der Waals surface area contributed by atoms with Crippen LogP contribution in [0.3, 0.4) is 0 Å². The van der Waals surface area contributed by atoms with Crippen molar-refractivity contribution in [3.8, 4) is 0 Å². The Hall–Kier alpha value is -3.69. The van der Waals surface area contributed by atoms with Gasteiger partial charge in [-0.15, -0.1) is 0 Å². The molecule has 3 rings (SSSR count). The number of carbonyl (C=O) groups is 2. The maximum atomic E-state index is 13.9. The second kappa shape index (κ2) is 16.1. The fourth-order valence-corrected chi connectivity index (χ4v) is 4.80. The lowest BCUT2D eigenvalue weighted by Crippen LogP contribution is -2.48. The number of hydrogen-bond acceptors (Lipinski definition) is 5. The third-order valence-electron chi connectivity index (χ3n) is 6.98. The average Bonchev–Trinajstić information content (AvgIpc) is 2.96. The number of pyridine rings is 1. The summed E-state index contributed by atoms with van der Waals surface area (Å²) in [6.45, 7) is 10.0. The Bertz CT molecular complexity index is 1310. The molecule has 0 bridgehead atoms. The molecule has 0 fully saturated rings. The molecule has 1 aromatic heterocycles. The van der Waals surface area contributed by atoms with Crippen LogP contribution in [0.4, 0.5) is 8.78 Å². The molecule has 9 heteroatoms. The van der Waals surface area contributed by atoms with E-state index in [2.05, 4.69) is 41.6 Å². The van der Waals surface area contributed by atoms with Gasteiger partial charge in [-0.05, 0) is 60.1 Å². The van der Waals surface area contributed by atoms with E-state index in [4.69, 9.17) is 0 Å². The predicted molar refractivity (Wildman–Crippen MR) is 160 cm³/mol.